The SMILES string of the molecule is COCCNS(=O)(=O)c1ccc(OCC(=O)Nc2cccc([N+](=O)[O-])c2)cc1. The van der Waals surface area contributed by atoms with Crippen molar-refractivity contribution in [2.24, 2.45) is 0 Å². The van der Waals surface area contributed by atoms with Crippen molar-refractivity contribution in [2.45, 2.75) is 4.90 Å². The van der Waals surface area contributed by atoms with Crippen molar-refractivity contribution in [1.82, 2.24) is 4.72 Å². The van der Waals surface area contributed by atoms with Crippen LogP contribution in [-0.4, -0.2) is 46.1 Å². The summed E-state index contributed by atoms with van der Waals surface area (Å²) in [4.78, 5) is 22.1. The summed E-state index contributed by atoms with van der Waals surface area (Å²) < 4.78 is 36.6. The highest BCUT2D eigenvalue weighted by Gasteiger charge is 2.13. The van der Waals surface area contributed by atoms with Crippen LogP contribution in [0.15, 0.2) is 53.4 Å². The molecule has 0 bridgehead atoms. The summed E-state index contributed by atoms with van der Waals surface area (Å²) in [5, 5.41) is 13.2. The maximum absolute atomic E-state index is 12.0. The number of anilines is 1. The molecule has 0 unspecified atom stereocenters. The highest BCUT2D eigenvalue weighted by atomic mass is 32.2. The van der Waals surface area contributed by atoms with Gasteiger partial charge >= 0.3 is 0 Å². The molecule has 0 aliphatic carbocycles. The predicted octanol–water partition coefficient (Wildman–Crippen LogP) is 1.54. The van der Waals surface area contributed by atoms with E-state index in [9.17, 15) is 23.3 Å². The fourth-order valence-electron chi connectivity index (χ4n) is 2.12. The number of amides is 1. The molecule has 0 heterocycles. The summed E-state index contributed by atoms with van der Waals surface area (Å²) in [5.41, 5.74) is 0.126. The Balaban J connectivity index is 1.90. The number of nitro groups is 1. The van der Waals surface area contributed by atoms with E-state index < -0.39 is 20.9 Å². The Hall–Kier alpha value is -3.02. The van der Waals surface area contributed by atoms with Crippen molar-refractivity contribution >= 4 is 27.3 Å². The number of hydrogen-bond donors (Lipinski definition) is 2. The van der Waals surface area contributed by atoms with Gasteiger partial charge in [-0.15, -0.1) is 0 Å². The minimum Gasteiger partial charge on any atom is -0.484 e. The molecule has 150 valence electrons. The van der Waals surface area contributed by atoms with Crippen LogP contribution in [0.4, 0.5) is 11.4 Å². The van der Waals surface area contributed by atoms with Gasteiger partial charge in [-0.3, -0.25) is 14.9 Å². The topological polar surface area (TPSA) is 137 Å². The van der Waals surface area contributed by atoms with Gasteiger partial charge in [0.05, 0.1) is 16.4 Å². The molecule has 0 fully saturated rings. The second-order valence-corrected chi connectivity index (χ2v) is 7.27. The summed E-state index contributed by atoms with van der Waals surface area (Å²) in [6.07, 6.45) is 0. The summed E-state index contributed by atoms with van der Waals surface area (Å²) in [7, 11) is -2.18. The normalized spacial score (nSPS) is 11.0. The molecule has 2 rings (SSSR count). The molecule has 0 spiro atoms. The van der Waals surface area contributed by atoms with E-state index in [1.807, 2.05) is 0 Å². The second kappa shape index (κ2) is 9.78. The Labute approximate surface area is 161 Å². The second-order valence-electron chi connectivity index (χ2n) is 5.51. The minimum atomic E-state index is -3.65. The average Bonchev–Trinajstić information content (AvgIpc) is 2.67. The van der Waals surface area contributed by atoms with Crippen molar-refractivity contribution in [1.29, 1.82) is 0 Å². The van der Waals surface area contributed by atoms with Crippen molar-refractivity contribution in [3.63, 3.8) is 0 Å². The lowest BCUT2D eigenvalue weighted by atomic mass is 10.3. The Bertz CT molecular complexity index is 930. The van der Waals surface area contributed by atoms with Crippen LogP contribution in [0.5, 0.6) is 5.75 Å². The molecule has 0 radical (unpaired) electrons. The van der Waals surface area contributed by atoms with Crippen molar-refractivity contribution in [2.75, 3.05) is 32.2 Å². The predicted molar refractivity (Wildman–Crippen MR) is 101 cm³/mol. The maximum Gasteiger partial charge on any atom is 0.271 e. The number of non-ortho nitro benzene ring substituents is 1. The van der Waals surface area contributed by atoms with Gasteiger partial charge < -0.3 is 14.8 Å². The molecule has 2 N–H and O–H groups in total. The summed E-state index contributed by atoms with van der Waals surface area (Å²) in [6, 6.07) is 11.1. The Kier molecular flexibility index (Phi) is 7.44. The molecule has 2 aromatic carbocycles. The van der Waals surface area contributed by atoms with Gasteiger partial charge in [0.2, 0.25) is 10.0 Å². The van der Waals surface area contributed by atoms with E-state index in [2.05, 4.69) is 10.0 Å². The molecule has 2 aromatic rings. The van der Waals surface area contributed by atoms with Crippen LogP contribution in [0, 0.1) is 10.1 Å². The third-order valence-corrected chi connectivity index (χ3v) is 4.92. The van der Waals surface area contributed by atoms with E-state index in [1.165, 1.54) is 55.6 Å². The number of methoxy groups -OCH3 is 1. The van der Waals surface area contributed by atoms with Crippen LogP contribution >= 0.6 is 0 Å². The van der Waals surface area contributed by atoms with Crippen molar-refractivity contribution in [3.8, 4) is 5.75 Å². The largest absolute Gasteiger partial charge is 0.484 e. The summed E-state index contributed by atoms with van der Waals surface area (Å²) >= 11 is 0. The van der Waals surface area contributed by atoms with E-state index in [4.69, 9.17) is 9.47 Å². The van der Waals surface area contributed by atoms with Gasteiger partial charge in [-0.1, -0.05) is 6.07 Å². The number of carbonyl (C=O) groups excluding carboxylic acids is 1. The summed E-state index contributed by atoms with van der Waals surface area (Å²) in [5.74, 6) is -0.219. The van der Waals surface area contributed by atoms with E-state index in [-0.39, 0.29) is 36.0 Å². The molecule has 28 heavy (non-hydrogen) atoms. The van der Waals surface area contributed by atoms with Crippen molar-refractivity contribution in [3.05, 3.63) is 58.6 Å². The quantitative estimate of drug-likeness (QED) is 0.345. The van der Waals surface area contributed by atoms with Crippen LogP contribution in [0.3, 0.4) is 0 Å². The first kappa shape index (κ1) is 21.3. The highest BCUT2D eigenvalue weighted by Crippen LogP contribution is 2.18. The molecule has 0 saturated carbocycles. The van der Waals surface area contributed by atoms with E-state index in [1.54, 1.807) is 0 Å². The molecule has 10 nitrogen and oxygen atoms in total. The Morgan fingerprint density at radius 3 is 2.54 bits per heavy atom. The van der Waals surface area contributed by atoms with Crippen LogP contribution < -0.4 is 14.8 Å². The number of carbonyl (C=O) groups is 1. The molecular formula is C17H19N3O7S. The van der Waals surface area contributed by atoms with E-state index >= 15 is 0 Å². The highest BCUT2D eigenvalue weighted by molar-refractivity contribution is 7.89. The number of ether oxygens (including phenoxy) is 2. The number of rotatable bonds is 10. The molecular weight excluding hydrogens is 390 g/mol. The Morgan fingerprint density at radius 1 is 1.18 bits per heavy atom. The number of benzene rings is 2. The van der Waals surface area contributed by atoms with Crippen LogP contribution in [0.1, 0.15) is 0 Å². The van der Waals surface area contributed by atoms with Gasteiger partial charge in [0.15, 0.2) is 6.61 Å². The number of nitro benzene ring substituents is 1. The Morgan fingerprint density at radius 2 is 1.89 bits per heavy atom. The lowest BCUT2D eigenvalue weighted by Gasteiger charge is -2.09. The zero-order valence-corrected chi connectivity index (χ0v) is 15.8. The fourth-order valence-corrected chi connectivity index (χ4v) is 3.13. The zero-order valence-electron chi connectivity index (χ0n) is 15.0. The van der Waals surface area contributed by atoms with Gasteiger partial charge in [0, 0.05) is 31.5 Å². The standard InChI is InChI=1S/C17H19N3O7S/c1-26-10-9-18-28(24,25)16-7-5-15(6-8-16)27-12-17(21)19-13-3-2-4-14(11-13)20(22)23/h2-8,11,18H,9-10,12H2,1H3,(H,19,21). The van der Waals surface area contributed by atoms with E-state index in [0.29, 0.717) is 5.75 Å². The average molecular weight is 409 g/mol. The third-order valence-electron chi connectivity index (χ3n) is 3.44. The number of hydrogen-bond acceptors (Lipinski definition) is 7. The van der Waals surface area contributed by atoms with Gasteiger partial charge in [-0.25, -0.2) is 13.1 Å². The smallest absolute Gasteiger partial charge is 0.271 e. The van der Waals surface area contributed by atoms with Gasteiger partial charge in [-0.05, 0) is 30.3 Å². The van der Waals surface area contributed by atoms with Gasteiger partial charge in [0.25, 0.3) is 11.6 Å². The molecule has 11 heteroatoms. The lowest BCUT2D eigenvalue weighted by molar-refractivity contribution is -0.384. The third kappa shape index (κ3) is 6.30. The zero-order chi connectivity index (χ0) is 20.6. The number of nitrogens with zero attached hydrogens (tertiary/aromatic N) is 1. The number of nitrogens with one attached hydrogen (secondary N) is 2. The molecule has 0 aromatic heterocycles. The van der Waals surface area contributed by atoms with Gasteiger partial charge in [0.1, 0.15) is 5.75 Å². The van der Waals surface area contributed by atoms with Crippen LogP contribution in [-0.2, 0) is 19.6 Å². The molecule has 0 aliphatic heterocycles. The fraction of sp³-hybridized carbons (Fsp3) is 0.235. The lowest BCUT2D eigenvalue weighted by Crippen LogP contribution is -2.27. The minimum absolute atomic E-state index is 0.0528. The maximum atomic E-state index is 12.0. The first-order valence-electron chi connectivity index (χ1n) is 8.07. The van der Waals surface area contributed by atoms with E-state index in [0.717, 1.165) is 0 Å². The molecule has 0 atom stereocenters. The van der Waals surface area contributed by atoms with Crippen LogP contribution in [0.25, 0.3) is 0 Å². The molecule has 0 saturated heterocycles. The van der Waals surface area contributed by atoms with Crippen molar-refractivity contribution < 1.29 is 27.6 Å². The first-order chi connectivity index (χ1) is 13.3. The number of sulfonamides is 1. The van der Waals surface area contributed by atoms with Gasteiger partial charge in [-0.2, -0.15) is 0 Å². The van der Waals surface area contributed by atoms with Crippen LogP contribution in [0.2, 0.25) is 0 Å². The molecule has 0 aliphatic rings. The summed E-state index contributed by atoms with van der Waals surface area (Å²) in [6.45, 7) is 0.0515. The first-order valence-corrected chi connectivity index (χ1v) is 9.56. The molecule has 1 amide bonds. The monoisotopic (exact) mass is 409 g/mol.